The van der Waals surface area contributed by atoms with Crippen LogP contribution >= 0.6 is 11.6 Å². The Morgan fingerprint density at radius 1 is 1.03 bits per heavy atom. The van der Waals surface area contributed by atoms with E-state index in [-0.39, 0.29) is 17.1 Å². The molecule has 162 valence electrons. The van der Waals surface area contributed by atoms with Crippen LogP contribution in [0.1, 0.15) is 30.7 Å². The summed E-state index contributed by atoms with van der Waals surface area (Å²) in [6.45, 7) is 0.624. The van der Waals surface area contributed by atoms with Gasteiger partial charge in [0.1, 0.15) is 17.5 Å². The van der Waals surface area contributed by atoms with Crippen LogP contribution in [0.2, 0.25) is 5.02 Å². The van der Waals surface area contributed by atoms with E-state index in [9.17, 15) is 17.2 Å². The van der Waals surface area contributed by atoms with Crippen molar-refractivity contribution in [3.63, 3.8) is 0 Å². The van der Waals surface area contributed by atoms with Gasteiger partial charge in [-0.3, -0.25) is 4.72 Å². The maximum absolute atomic E-state index is 14.6. The van der Waals surface area contributed by atoms with Crippen molar-refractivity contribution in [3.8, 4) is 11.4 Å². The molecule has 0 saturated carbocycles. The molecule has 1 aliphatic heterocycles. The lowest BCUT2D eigenvalue weighted by atomic mass is 10.1. The average molecular weight is 465 g/mol. The Kier molecular flexibility index (Phi) is 6.06. The number of nitrogens with one attached hydrogen (secondary N) is 1. The molecule has 1 aromatic heterocycles. The zero-order chi connectivity index (χ0) is 22.0. The first kappa shape index (κ1) is 21.5. The molecule has 0 unspecified atom stereocenters. The van der Waals surface area contributed by atoms with E-state index in [2.05, 4.69) is 14.9 Å². The number of aryl methyl sites for hydroxylation is 1. The van der Waals surface area contributed by atoms with Gasteiger partial charge in [-0.1, -0.05) is 30.2 Å². The standard InChI is InChI=1S/C21H19ClF2N4O2S/c22-15-7-5-14(6-8-15)9-11-31(29,30)27-19-12-16(17(23)13-18(19)24)21-26-25-20-4-2-1-3-10-28(20)21/h5-9,11-13,27H,1-4,10H2/b11-9+. The summed E-state index contributed by atoms with van der Waals surface area (Å²) >= 11 is 5.81. The third-order valence-corrected chi connectivity index (χ3v) is 6.22. The number of hydrogen-bond donors (Lipinski definition) is 1. The van der Waals surface area contributed by atoms with Crippen molar-refractivity contribution in [2.45, 2.75) is 32.2 Å². The number of aromatic nitrogens is 3. The Hall–Kier alpha value is -2.78. The van der Waals surface area contributed by atoms with E-state index in [1.807, 2.05) is 4.57 Å². The van der Waals surface area contributed by atoms with E-state index in [4.69, 9.17) is 11.6 Å². The molecule has 3 aromatic rings. The lowest BCUT2D eigenvalue weighted by molar-refractivity contribution is 0.582. The van der Waals surface area contributed by atoms with Crippen LogP contribution < -0.4 is 4.72 Å². The molecule has 0 atom stereocenters. The first-order valence-corrected chi connectivity index (χ1v) is 11.6. The van der Waals surface area contributed by atoms with Crippen LogP contribution in [0.4, 0.5) is 14.5 Å². The fourth-order valence-electron chi connectivity index (χ4n) is 3.41. The van der Waals surface area contributed by atoms with Gasteiger partial charge in [0.2, 0.25) is 0 Å². The van der Waals surface area contributed by atoms with Crippen molar-refractivity contribution >= 4 is 33.4 Å². The first-order chi connectivity index (χ1) is 14.8. The zero-order valence-electron chi connectivity index (χ0n) is 16.4. The number of nitrogens with zero attached hydrogens (tertiary/aromatic N) is 3. The highest BCUT2D eigenvalue weighted by molar-refractivity contribution is 7.95. The average Bonchev–Trinajstić information content (AvgIpc) is 2.97. The molecule has 0 radical (unpaired) electrons. The van der Waals surface area contributed by atoms with E-state index in [1.165, 1.54) is 6.08 Å². The molecular formula is C21H19ClF2N4O2S. The van der Waals surface area contributed by atoms with Crippen molar-refractivity contribution in [1.29, 1.82) is 0 Å². The molecule has 1 aliphatic rings. The summed E-state index contributed by atoms with van der Waals surface area (Å²) in [5, 5.41) is 9.62. The topological polar surface area (TPSA) is 76.9 Å². The summed E-state index contributed by atoms with van der Waals surface area (Å²) in [6, 6.07) is 8.28. The zero-order valence-corrected chi connectivity index (χ0v) is 17.9. The van der Waals surface area contributed by atoms with Gasteiger partial charge in [0.15, 0.2) is 5.82 Å². The monoisotopic (exact) mass is 464 g/mol. The smallest absolute Gasteiger partial charge is 0.255 e. The SMILES string of the molecule is O=S(=O)(/C=C/c1ccc(Cl)cc1)Nc1cc(-c2nnc3n2CCCCC3)c(F)cc1F. The molecule has 0 saturated heterocycles. The van der Waals surface area contributed by atoms with Gasteiger partial charge in [-0.15, -0.1) is 10.2 Å². The second-order valence-electron chi connectivity index (χ2n) is 7.22. The third kappa shape index (κ3) is 4.94. The lowest BCUT2D eigenvalue weighted by Gasteiger charge is -2.11. The summed E-state index contributed by atoms with van der Waals surface area (Å²) in [6.07, 6.45) is 4.97. The van der Waals surface area contributed by atoms with E-state index in [0.717, 1.165) is 43.0 Å². The Labute approximate surface area is 183 Å². The summed E-state index contributed by atoms with van der Waals surface area (Å²) in [5.41, 5.74) is 0.214. The van der Waals surface area contributed by atoms with Gasteiger partial charge < -0.3 is 4.57 Å². The van der Waals surface area contributed by atoms with Crippen molar-refractivity contribution < 1.29 is 17.2 Å². The third-order valence-electron chi connectivity index (χ3n) is 4.97. The molecule has 0 bridgehead atoms. The molecule has 2 aromatic carbocycles. The van der Waals surface area contributed by atoms with Crippen LogP contribution in [0.5, 0.6) is 0 Å². The van der Waals surface area contributed by atoms with Gasteiger partial charge in [-0.25, -0.2) is 17.2 Å². The summed E-state index contributed by atoms with van der Waals surface area (Å²) in [7, 11) is -4.06. The van der Waals surface area contributed by atoms with Crippen LogP contribution in [-0.4, -0.2) is 23.2 Å². The number of anilines is 1. The van der Waals surface area contributed by atoms with Crippen LogP contribution in [-0.2, 0) is 23.0 Å². The molecule has 4 rings (SSSR count). The van der Waals surface area contributed by atoms with Gasteiger partial charge in [0, 0.05) is 24.1 Å². The Morgan fingerprint density at radius 3 is 2.58 bits per heavy atom. The summed E-state index contributed by atoms with van der Waals surface area (Å²) in [5.74, 6) is -0.868. The summed E-state index contributed by atoms with van der Waals surface area (Å²) in [4.78, 5) is 0. The van der Waals surface area contributed by atoms with Gasteiger partial charge in [-0.05, 0) is 42.7 Å². The maximum atomic E-state index is 14.6. The fraction of sp³-hybridized carbons (Fsp3) is 0.238. The molecule has 6 nitrogen and oxygen atoms in total. The molecule has 0 spiro atoms. The van der Waals surface area contributed by atoms with E-state index >= 15 is 0 Å². The lowest BCUT2D eigenvalue weighted by Crippen LogP contribution is -2.11. The molecular weight excluding hydrogens is 446 g/mol. The number of benzene rings is 2. The largest absolute Gasteiger partial charge is 0.311 e. The predicted molar refractivity (Wildman–Crippen MR) is 116 cm³/mol. The van der Waals surface area contributed by atoms with Gasteiger partial charge in [-0.2, -0.15) is 0 Å². The number of sulfonamides is 1. The van der Waals surface area contributed by atoms with Crippen molar-refractivity contribution in [3.05, 3.63) is 69.9 Å². The number of halogens is 3. The van der Waals surface area contributed by atoms with E-state index < -0.39 is 21.7 Å². The van der Waals surface area contributed by atoms with Gasteiger partial charge >= 0.3 is 0 Å². The Bertz CT molecular complexity index is 1240. The number of rotatable bonds is 5. The summed E-state index contributed by atoms with van der Waals surface area (Å²) < 4.78 is 57.8. The highest BCUT2D eigenvalue weighted by Gasteiger charge is 2.21. The minimum Gasteiger partial charge on any atom is -0.311 e. The fourth-order valence-corrected chi connectivity index (χ4v) is 4.41. The second kappa shape index (κ2) is 8.76. The maximum Gasteiger partial charge on any atom is 0.255 e. The van der Waals surface area contributed by atoms with Crippen molar-refractivity contribution in [2.75, 3.05) is 4.72 Å². The predicted octanol–water partition coefficient (Wildman–Crippen LogP) is 5.02. The number of hydrogen-bond acceptors (Lipinski definition) is 4. The molecule has 10 heteroatoms. The second-order valence-corrected chi connectivity index (χ2v) is 9.22. The van der Waals surface area contributed by atoms with Crippen LogP contribution in [0.25, 0.3) is 17.5 Å². The van der Waals surface area contributed by atoms with Crippen molar-refractivity contribution in [1.82, 2.24) is 14.8 Å². The number of fused-ring (bicyclic) bond motifs is 1. The van der Waals surface area contributed by atoms with Gasteiger partial charge in [0.05, 0.1) is 16.7 Å². The molecule has 1 N–H and O–H groups in total. The van der Waals surface area contributed by atoms with E-state index in [0.29, 0.717) is 23.2 Å². The highest BCUT2D eigenvalue weighted by Crippen LogP contribution is 2.30. The van der Waals surface area contributed by atoms with Crippen molar-refractivity contribution in [2.24, 2.45) is 0 Å². The highest BCUT2D eigenvalue weighted by atomic mass is 35.5. The molecule has 0 fully saturated rings. The molecule has 2 heterocycles. The first-order valence-electron chi connectivity index (χ1n) is 9.70. The minimum atomic E-state index is -4.06. The van der Waals surface area contributed by atoms with Gasteiger partial charge in [0.25, 0.3) is 10.0 Å². The molecule has 0 amide bonds. The molecule has 0 aliphatic carbocycles. The van der Waals surface area contributed by atoms with E-state index in [1.54, 1.807) is 24.3 Å². The quantitative estimate of drug-likeness (QED) is 0.575. The van der Waals surface area contributed by atoms with Crippen LogP contribution in [0.15, 0.2) is 41.8 Å². The Balaban J connectivity index is 1.64. The van der Waals surface area contributed by atoms with Crippen LogP contribution in [0.3, 0.4) is 0 Å². The Morgan fingerprint density at radius 2 is 1.81 bits per heavy atom. The normalized spacial score (nSPS) is 14.4. The minimum absolute atomic E-state index is 0.0126. The molecule has 31 heavy (non-hydrogen) atoms. The van der Waals surface area contributed by atoms with Crippen LogP contribution in [0, 0.1) is 11.6 Å².